The number of aryl methyl sites for hydroxylation is 1. The van der Waals surface area contributed by atoms with Gasteiger partial charge in [0.1, 0.15) is 29.7 Å². The van der Waals surface area contributed by atoms with Gasteiger partial charge in [0.25, 0.3) is 0 Å². The van der Waals surface area contributed by atoms with Crippen molar-refractivity contribution in [3.05, 3.63) is 101 Å². The highest BCUT2D eigenvalue weighted by molar-refractivity contribution is 6.03. The number of aromatic nitrogens is 1. The molecule has 2 N–H and O–H groups in total. The summed E-state index contributed by atoms with van der Waals surface area (Å²) in [5.41, 5.74) is 4.53. The zero-order valence-corrected chi connectivity index (χ0v) is 36.8. The minimum Gasteiger partial charge on any atom is -0.487 e. The molecule has 0 saturated heterocycles. The molecule has 13 nitrogen and oxygen atoms in total. The van der Waals surface area contributed by atoms with Crippen molar-refractivity contribution in [3.8, 4) is 23.0 Å². The summed E-state index contributed by atoms with van der Waals surface area (Å²) >= 11 is 0. The second-order valence-corrected chi connectivity index (χ2v) is 17.5. The van der Waals surface area contributed by atoms with Crippen molar-refractivity contribution in [3.63, 3.8) is 0 Å². The Morgan fingerprint density at radius 2 is 1.79 bits per heavy atom. The number of pyridine rings is 1. The van der Waals surface area contributed by atoms with E-state index in [9.17, 15) is 15.0 Å². The molecule has 3 heterocycles. The number of carbonyl (C=O) groups is 1. The Labute approximate surface area is 365 Å². The molecule has 0 radical (unpaired) electrons. The lowest BCUT2D eigenvalue weighted by Gasteiger charge is -2.60. The number of unbranched alkanes of at least 4 members (excludes halogenated alkanes) is 2. The van der Waals surface area contributed by atoms with Crippen LogP contribution in [-0.2, 0) is 27.5 Å². The van der Waals surface area contributed by atoms with Crippen LogP contribution in [0.25, 0.3) is 0 Å². The number of rotatable bonds is 19. The molecular formula is C49H63N3O10. The van der Waals surface area contributed by atoms with E-state index in [1.165, 1.54) is 0 Å². The van der Waals surface area contributed by atoms with Crippen LogP contribution in [0.5, 0.6) is 23.0 Å². The number of oxime groups is 1. The van der Waals surface area contributed by atoms with Gasteiger partial charge in [0.2, 0.25) is 12.6 Å². The fourth-order valence-corrected chi connectivity index (χ4v) is 9.51. The fraction of sp³-hybridized carbons (Fsp3) is 0.531. The molecule has 0 spiro atoms. The number of aliphatic hydroxyl groups excluding tert-OH is 2. The minimum absolute atomic E-state index is 0.0467. The SMILES string of the molecule is C=CCO[C@@]12Oc3ccc(OCc4cccc(C)n4)cc3[C@H]3[C@H](CCCCO)[C@@H](CCCCO)C=C(C(=NOC(C)(C)C)C[C@@H]1N(Cc1ccc4c(c1)OCO4)C(=O)OCC)[C@H]32. The molecule has 2 aliphatic heterocycles. The first-order valence-corrected chi connectivity index (χ1v) is 22.1. The van der Waals surface area contributed by atoms with Gasteiger partial charge in [-0.25, -0.2) is 4.79 Å². The highest BCUT2D eigenvalue weighted by atomic mass is 16.7. The highest BCUT2D eigenvalue weighted by Crippen LogP contribution is 2.62. The van der Waals surface area contributed by atoms with Gasteiger partial charge in [0.05, 0.1) is 30.5 Å². The number of benzene rings is 2. The van der Waals surface area contributed by atoms with E-state index in [1.807, 2.05) is 76.2 Å². The maximum atomic E-state index is 14.5. The van der Waals surface area contributed by atoms with Gasteiger partial charge in [-0.2, -0.15) is 0 Å². The number of aliphatic hydroxyl groups is 2. The molecule has 1 saturated carbocycles. The third kappa shape index (κ3) is 9.90. The van der Waals surface area contributed by atoms with E-state index in [0.29, 0.717) is 41.6 Å². The van der Waals surface area contributed by atoms with Crippen LogP contribution in [0.3, 0.4) is 0 Å². The summed E-state index contributed by atoms with van der Waals surface area (Å²) in [6.07, 6.45) is 8.33. The van der Waals surface area contributed by atoms with Crippen LogP contribution in [-0.4, -0.2) is 82.6 Å². The van der Waals surface area contributed by atoms with E-state index in [-0.39, 0.29) is 70.5 Å². The first-order valence-electron chi connectivity index (χ1n) is 22.1. The molecule has 1 aromatic heterocycles. The van der Waals surface area contributed by atoms with Crippen LogP contribution in [0.4, 0.5) is 4.79 Å². The van der Waals surface area contributed by atoms with Gasteiger partial charge in [-0.05, 0) is 126 Å². The summed E-state index contributed by atoms with van der Waals surface area (Å²) in [5.74, 6) is 0.486. The Morgan fingerprint density at radius 1 is 1.02 bits per heavy atom. The van der Waals surface area contributed by atoms with Crippen LogP contribution >= 0.6 is 0 Å². The van der Waals surface area contributed by atoms with Crippen molar-refractivity contribution in [1.29, 1.82) is 0 Å². The molecule has 0 bridgehead atoms. The summed E-state index contributed by atoms with van der Waals surface area (Å²) in [6, 6.07) is 16.7. The number of carbonyl (C=O) groups excluding carboxylic acids is 1. The van der Waals surface area contributed by atoms with Gasteiger partial charge in [-0.3, -0.25) is 9.88 Å². The predicted molar refractivity (Wildman–Crippen MR) is 234 cm³/mol. The standard InChI is InChI=1S/C49H63N3O10/c1-7-24-60-49-44(52(47(55)56-8-2)29-33-18-20-42-43(25-33)59-31-58-42)28-40(51-62-48(4,5)6)38-26-34(15-9-11-22-53)37(17-10-12-23-54)45(46(38)49)39-27-36(19-21-41(39)61-49)57-30-35-16-13-14-32(3)50-35/h7,13-14,16,18-21,25-27,34,37,44-46,53-54H,1,8-12,15,17,22-24,28-31H2,2-6H3/t34-,37+,44-,45+,46+,49+/m0/s1. The maximum Gasteiger partial charge on any atom is 0.410 e. The molecule has 1 amide bonds. The van der Waals surface area contributed by atoms with E-state index in [0.717, 1.165) is 53.8 Å². The lowest BCUT2D eigenvalue weighted by atomic mass is 9.55. The van der Waals surface area contributed by atoms with Gasteiger partial charge < -0.3 is 43.5 Å². The molecule has 334 valence electrons. The molecule has 62 heavy (non-hydrogen) atoms. The van der Waals surface area contributed by atoms with Gasteiger partial charge in [-0.15, -0.1) is 6.58 Å². The molecule has 2 aliphatic carbocycles. The molecular weight excluding hydrogens is 791 g/mol. The lowest BCUT2D eigenvalue weighted by Crippen LogP contribution is -2.70. The quantitative estimate of drug-likeness (QED) is 0.0677. The van der Waals surface area contributed by atoms with Gasteiger partial charge in [-0.1, -0.05) is 42.3 Å². The van der Waals surface area contributed by atoms with Crippen molar-refractivity contribution >= 4 is 11.8 Å². The molecule has 1 fully saturated rings. The minimum atomic E-state index is -1.46. The predicted octanol–water partition coefficient (Wildman–Crippen LogP) is 8.79. The zero-order valence-electron chi connectivity index (χ0n) is 36.8. The van der Waals surface area contributed by atoms with Gasteiger partial charge in [0, 0.05) is 43.4 Å². The summed E-state index contributed by atoms with van der Waals surface area (Å²) in [4.78, 5) is 27.2. The molecule has 7 rings (SSSR count). The van der Waals surface area contributed by atoms with E-state index in [2.05, 4.69) is 23.7 Å². The van der Waals surface area contributed by atoms with E-state index >= 15 is 0 Å². The second kappa shape index (κ2) is 19.9. The Balaban J connectivity index is 1.44. The third-order valence-corrected chi connectivity index (χ3v) is 12.1. The Morgan fingerprint density at radius 3 is 2.53 bits per heavy atom. The summed E-state index contributed by atoms with van der Waals surface area (Å²) in [5, 5.41) is 24.9. The summed E-state index contributed by atoms with van der Waals surface area (Å²) < 4.78 is 38.2. The number of nitrogens with zero attached hydrogens (tertiary/aromatic N) is 3. The first kappa shape index (κ1) is 44.9. The van der Waals surface area contributed by atoms with Gasteiger partial charge in [0.15, 0.2) is 11.5 Å². The van der Waals surface area contributed by atoms with Gasteiger partial charge >= 0.3 is 6.09 Å². The van der Waals surface area contributed by atoms with Crippen molar-refractivity contribution < 1.29 is 48.3 Å². The Hall–Kier alpha value is -5.11. The van der Waals surface area contributed by atoms with Crippen LogP contribution in [0, 0.1) is 24.7 Å². The maximum absolute atomic E-state index is 14.5. The van der Waals surface area contributed by atoms with E-state index in [1.54, 1.807) is 17.9 Å². The number of fused-ring (bicyclic) bond motifs is 3. The average Bonchev–Trinajstić information content (AvgIpc) is 3.73. The Kier molecular flexibility index (Phi) is 14.5. The largest absolute Gasteiger partial charge is 0.487 e. The number of allylic oxidation sites excluding steroid dienone is 1. The molecule has 0 unspecified atom stereocenters. The van der Waals surface area contributed by atoms with E-state index < -0.39 is 29.4 Å². The zero-order chi connectivity index (χ0) is 43.9. The van der Waals surface area contributed by atoms with Crippen LogP contribution in [0.2, 0.25) is 0 Å². The topological polar surface area (TPSA) is 151 Å². The van der Waals surface area contributed by atoms with Crippen molar-refractivity contribution in [1.82, 2.24) is 9.88 Å². The molecule has 6 atom stereocenters. The number of amides is 1. The van der Waals surface area contributed by atoms with Crippen molar-refractivity contribution in [2.45, 2.75) is 116 Å². The van der Waals surface area contributed by atoms with Crippen molar-refractivity contribution in [2.75, 3.05) is 33.2 Å². The van der Waals surface area contributed by atoms with Crippen LogP contribution in [0.15, 0.2) is 84.1 Å². The number of hydrogen-bond acceptors (Lipinski definition) is 12. The lowest BCUT2D eigenvalue weighted by molar-refractivity contribution is -0.256. The molecule has 2 aromatic carbocycles. The van der Waals surface area contributed by atoms with Crippen molar-refractivity contribution in [2.24, 2.45) is 22.9 Å². The fourth-order valence-electron chi connectivity index (χ4n) is 9.51. The normalized spacial score (nSPS) is 24.0. The molecule has 3 aromatic rings. The van der Waals surface area contributed by atoms with Crippen LogP contribution in [0.1, 0.15) is 101 Å². The summed E-state index contributed by atoms with van der Waals surface area (Å²) in [7, 11) is 0. The highest BCUT2D eigenvalue weighted by Gasteiger charge is 2.65. The van der Waals surface area contributed by atoms with Crippen LogP contribution < -0.4 is 18.9 Å². The number of ether oxygens (including phenoxy) is 6. The smallest absolute Gasteiger partial charge is 0.410 e. The Bertz CT molecular complexity index is 2100. The monoisotopic (exact) mass is 853 g/mol. The third-order valence-electron chi connectivity index (χ3n) is 12.1. The average molecular weight is 854 g/mol. The first-order chi connectivity index (χ1) is 30.0. The van der Waals surface area contributed by atoms with E-state index in [4.69, 9.17) is 38.4 Å². The molecule has 4 aliphatic rings. The molecule has 13 heteroatoms. The summed E-state index contributed by atoms with van der Waals surface area (Å²) in [6.45, 7) is 14.7. The second-order valence-electron chi connectivity index (χ2n) is 17.5. The number of hydrogen-bond donors (Lipinski definition) is 2.